The van der Waals surface area contributed by atoms with Gasteiger partial charge < -0.3 is 0 Å². The Morgan fingerprint density at radius 1 is 1.00 bits per heavy atom. The zero-order chi connectivity index (χ0) is 17.2. The smallest absolute Gasteiger partial charge is 0.270 e. The van der Waals surface area contributed by atoms with Crippen LogP contribution in [0.4, 0.5) is 5.69 Å². The molecule has 1 amide bonds. The predicted octanol–water partition coefficient (Wildman–Crippen LogP) is 3.74. The van der Waals surface area contributed by atoms with Gasteiger partial charge in [-0.05, 0) is 50.1 Å². The minimum Gasteiger partial charge on any atom is -0.273 e. The minimum atomic E-state index is -3.94. The van der Waals surface area contributed by atoms with Crippen LogP contribution >= 0.6 is 0 Å². The average molecular weight is 331 g/mol. The molecule has 0 spiro atoms. The van der Waals surface area contributed by atoms with E-state index in [0.29, 0.717) is 5.69 Å². The molecule has 2 rings (SSSR count). The van der Waals surface area contributed by atoms with Gasteiger partial charge >= 0.3 is 0 Å². The first-order chi connectivity index (χ1) is 10.8. The van der Waals surface area contributed by atoms with Gasteiger partial charge in [-0.25, -0.2) is 12.7 Å². The molecule has 0 saturated heterocycles. The first-order valence-electron chi connectivity index (χ1n) is 7.50. The molecule has 0 heterocycles. The molecular weight excluding hydrogens is 310 g/mol. The number of carbonyl (C=O) groups excluding carboxylic acids is 1. The third-order valence-corrected chi connectivity index (χ3v) is 5.63. The van der Waals surface area contributed by atoms with E-state index in [1.165, 1.54) is 12.1 Å². The van der Waals surface area contributed by atoms with Crippen LogP contribution in [-0.4, -0.2) is 14.3 Å². The van der Waals surface area contributed by atoms with Gasteiger partial charge in [-0.1, -0.05) is 36.8 Å². The molecule has 0 radical (unpaired) electrons. The van der Waals surface area contributed by atoms with Gasteiger partial charge in [0, 0.05) is 6.42 Å². The molecule has 0 saturated carbocycles. The lowest BCUT2D eigenvalue weighted by Crippen LogP contribution is -2.37. The molecule has 2 aromatic carbocycles. The summed E-state index contributed by atoms with van der Waals surface area (Å²) in [5, 5.41) is 0. The molecule has 0 fully saturated rings. The van der Waals surface area contributed by atoms with Crippen molar-refractivity contribution in [1.82, 2.24) is 0 Å². The van der Waals surface area contributed by atoms with Crippen molar-refractivity contribution in [2.75, 3.05) is 4.31 Å². The maximum Gasteiger partial charge on any atom is 0.270 e. The molecule has 0 aliphatic carbocycles. The largest absolute Gasteiger partial charge is 0.273 e. The van der Waals surface area contributed by atoms with E-state index in [-0.39, 0.29) is 11.3 Å². The van der Waals surface area contributed by atoms with Gasteiger partial charge in [0.1, 0.15) is 0 Å². The van der Waals surface area contributed by atoms with Crippen LogP contribution in [0.25, 0.3) is 0 Å². The first kappa shape index (κ1) is 17.2. The fourth-order valence-corrected chi connectivity index (χ4v) is 3.86. The summed E-state index contributed by atoms with van der Waals surface area (Å²) in [5.74, 6) is -0.445. The molecular formula is C18H21NO3S. The summed E-state index contributed by atoms with van der Waals surface area (Å²) in [6.45, 7) is 7.26. The van der Waals surface area contributed by atoms with Crippen LogP contribution in [0.1, 0.15) is 30.0 Å². The topological polar surface area (TPSA) is 54.5 Å². The number of rotatable bonds is 4. The summed E-state index contributed by atoms with van der Waals surface area (Å²) in [5.41, 5.74) is 3.10. The van der Waals surface area contributed by atoms with E-state index in [4.69, 9.17) is 0 Å². The Bertz CT molecular complexity index is 824. The number of benzene rings is 2. The number of amides is 1. The molecule has 23 heavy (non-hydrogen) atoms. The van der Waals surface area contributed by atoms with E-state index >= 15 is 0 Å². The minimum absolute atomic E-state index is 0.110. The van der Waals surface area contributed by atoms with Crippen molar-refractivity contribution in [3.8, 4) is 0 Å². The van der Waals surface area contributed by atoms with Gasteiger partial charge in [-0.3, -0.25) is 4.79 Å². The molecule has 0 bridgehead atoms. The molecule has 0 unspecified atom stereocenters. The van der Waals surface area contributed by atoms with Crippen LogP contribution < -0.4 is 4.31 Å². The zero-order valence-electron chi connectivity index (χ0n) is 13.8. The van der Waals surface area contributed by atoms with Crippen molar-refractivity contribution in [3.63, 3.8) is 0 Å². The highest BCUT2D eigenvalue weighted by molar-refractivity contribution is 7.93. The van der Waals surface area contributed by atoms with Crippen molar-refractivity contribution in [2.45, 2.75) is 39.0 Å². The molecule has 0 aromatic heterocycles. The Morgan fingerprint density at radius 3 is 2.17 bits per heavy atom. The summed E-state index contributed by atoms with van der Waals surface area (Å²) in [6.07, 6.45) is 0.110. The first-order valence-corrected chi connectivity index (χ1v) is 8.94. The molecule has 0 N–H and O–H groups in total. The summed E-state index contributed by atoms with van der Waals surface area (Å²) < 4.78 is 27.0. The van der Waals surface area contributed by atoms with Crippen molar-refractivity contribution in [1.29, 1.82) is 0 Å². The third kappa shape index (κ3) is 3.29. The predicted molar refractivity (Wildman–Crippen MR) is 92.1 cm³/mol. The molecule has 5 heteroatoms. The Kier molecular flexibility index (Phi) is 4.90. The summed E-state index contributed by atoms with van der Waals surface area (Å²) in [7, 11) is -3.94. The Morgan fingerprint density at radius 2 is 1.61 bits per heavy atom. The molecule has 0 aliphatic heterocycles. The van der Waals surface area contributed by atoms with Gasteiger partial charge in [0.2, 0.25) is 5.91 Å². The zero-order valence-corrected chi connectivity index (χ0v) is 14.6. The van der Waals surface area contributed by atoms with Crippen LogP contribution in [0.15, 0.2) is 47.4 Å². The van der Waals surface area contributed by atoms with Gasteiger partial charge in [0.05, 0.1) is 10.6 Å². The van der Waals surface area contributed by atoms with Gasteiger partial charge in [-0.15, -0.1) is 0 Å². The van der Waals surface area contributed by atoms with E-state index in [1.807, 2.05) is 26.8 Å². The number of aryl methyl sites for hydroxylation is 2. The van der Waals surface area contributed by atoms with Crippen LogP contribution in [0.2, 0.25) is 0 Å². The average Bonchev–Trinajstić information content (AvgIpc) is 2.51. The van der Waals surface area contributed by atoms with Crippen molar-refractivity contribution < 1.29 is 13.2 Å². The molecule has 4 nitrogen and oxygen atoms in total. The maximum absolute atomic E-state index is 13.0. The lowest BCUT2D eigenvalue weighted by Gasteiger charge is -2.24. The second-order valence-corrected chi connectivity index (χ2v) is 7.34. The fraction of sp³-hybridized carbons (Fsp3) is 0.278. The van der Waals surface area contributed by atoms with Crippen LogP contribution in [0.5, 0.6) is 0 Å². The van der Waals surface area contributed by atoms with Crippen LogP contribution in [0, 0.1) is 20.8 Å². The number of anilines is 1. The summed E-state index contributed by atoms with van der Waals surface area (Å²) in [4.78, 5) is 12.5. The highest BCUT2D eigenvalue weighted by Gasteiger charge is 2.31. The molecule has 0 aliphatic rings. The van der Waals surface area contributed by atoms with E-state index in [1.54, 1.807) is 31.2 Å². The van der Waals surface area contributed by atoms with Crippen LogP contribution in [-0.2, 0) is 14.8 Å². The summed E-state index contributed by atoms with van der Waals surface area (Å²) in [6, 6.07) is 11.8. The number of sulfonamides is 1. The highest BCUT2D eigenvalue weighted by Crippen LogP contribution is 2.29. The third-order valence-electron chi connectivity index (χ3n) is 3.88. The number of hydrogen-bond acceptors (Lipinski definition) is 3. The normalized spacial score (nSPS) is 11.3. The van der Waals surface area contributed by atoms with Crippen molar-refractivity contribution >= 4 is 21.6 Å². The van der Waals surface area contributed by atoms with E-state index in [9.17, 15) is 13.2 Å². The van der Waals surface area contributed by atoms with Crippen LogP contribution in [0.3, 0.4) is 0 Å². The Balaban J connectivity index is 2.66. The van der Waals surface area contributed by atoms with Crippen molar-refractivity contribution in [2.24, 2.45) is 0 Å². The van der Waals surface area contributed by atoms with E-state index in [2.05, 4.69) is 0 Å². The number of hydrogen-bond donors (Lipinski definition) is 0. The van der Waals surface area contributed by atoms with Gasteiger partial charge in [0.15, 0.2) is 0 Å². The maximum atomic E-state index is 13.0. The Labute approximate surface area is 137 Å². The van der Waals surface area contributed by atoms with Gasteiger partial charge in [-0.2, -0.15) is 0 Å². The van der Waals surface area contributed by atoms with Crippen molar-refractivity contribution in [3.05, 3.63) is 59.2 Å². The molecule has 2 aromatic rings. The second-order valence-electron chi connectivity index (χ2n) is 5.55. The lowest BCUT2D eigenvalue weighted by atomic mass is 10.1. The molecule has 0 atom stereocenters. The van der Waals surface area contributed by atoms with E-state index < -0.39 is 15.9 Å². The monoisotopic (exact) mass is 331 g/mol. The van der Waals surface area contributed by atoms with E-state index in [0.717, 1.165) is 21.0 Å². The SMILES string of the molecule is CCC(=O)N(c1cccc(C)c1C)S(=O)(=O)c1ccc(C)cc1. The second kappa shape index (κ2) is 6.54. The molecule has 122 valence electrons. The standard InChI is InChI=1S/C18H21NO3S/c1-5-18(20)19(17-8-6-7-14(3)15(17)4)23(21,22)16-11-9-13(2)10-12-16/h6-12H,5H2,1-4H3. The Hall–Kier alpha value is -2.14. The summed E-state index contributed by atoms with van der Waals surface area (Å²) >= 11 is 0. The lowest BCUT2D eigenvalue weighted by molar-refractivity contribution is -0.117. The number of nitrogens with zero attached hydrogens (tertiary/aromatic N) is 1. The number of carbonyl (C=O) groups is 1. The fourth-order valence-electron chi connectivity index (χ4n) is 2.31. The highest BCUT2D eigenvalue weighted by atomic mass is 32.2. The van der Waals surface area contributed by atoms with Gasteiger partial charge in [0.25, 0.3) is 10.0 Å². The quantitative estimate of drug-likeness (QED) is 0.857.